The van der Waals surface area contributed by atoms with E-state index in [2.05, 4.69) is 10.1 Å². The number of carbonyl (C=O) groups is 1. The third-order valence-electron chi connectivity index (χ3n) is 6.76. The molecule has 1 aliphatic rings. The van der Waals surface area contributed by atoms with Crippen LogP contribution in [-0.2, 0) is 11.3 Å². The van der Waals surface area contributed by atoms with Crippen LogP contribution in [0, 0.1) is 11.6 Å². The number of imidazole rings is 1. The number of nitrogens with zero attached hydrogens (tertiary/aromatic N) is 2. The van der Waals surface area contributed by atoms with E-state index in [1.54, 1.807) is 12.1 Å². The molecule has 0 unspecified atom stereocenters. The molecule has 0 spiro atoms. The highest BCUT2D eigenvalue weighted by atomic mass is 35.5. The Bertz CT molecular complexity index is 1510. The zero-order chi connectivity index (χ0) is 25.4. The number of fused-ring (bicyclic) bond motifs is 1. The van der Waals surface area contributed by atoms with Crippen molar-refractivity contribution in [3.63, 3.8) is 0 Å². The van der Waals surface area contributed by atoms with Crippen LogP contribution in [0.4, 0.5) is 8.78 Å². The van der Waals surface area contributed by atoms with Gasteiger partial charge < -0.3 is 10.1 Å². The molecule has 0 amide bonds. The quantitative estimate of drug-likeness (QED) is 0.382. The largest absolute Gasteiger partial charge is 0.465 e. The Kier molecular flexibility index (Phi) is 6.64. The van der Waals surface area contributed by atoms with E-state index in [0.29, 0.717) is 11.6 Å². The van der Waals surface area contributed by atoms with Gasteiger partial charge in [0.05, 0.1) is 35.4 Å². The Morgan fingerprint density at radius 3 is 2.47 bits per heavy atom. The van der Waals surface area contributed by atoms with Crippen molar-refractivity contribution in [1.29, 1.82) is 0 Å². The number of rotatable bonds is 5. The average Bonchev–Trinajstić information content (AvgIpc) is 3.19. The molecule has 1 N–H and O–H groups in total. The lowest BCUT2D eigenvalue weighted by Gasteiger charge is -2.23. The summed E-state index contributed by atoms with van der Waals surface area (Å²) in [6.45, 7) is 1.70. The van der Waals surface area contributed by atoms with Crippen LogP contribution in [0.2, 0.25) is 5.02 Å². The fourth-order valence-corrected chi connectivity index (χ4v) is 5.02. The number of carbonyl (C=O) groups excluding carboxylic acids is 1. The smallest absolute Gasteiger partial charge is 0.340 e. The van der Waals surface area contributed by atoms with Crippen LogP contribution in [0.1, 0.15) is 40.2 Å². The third kappa shape index (κ3) is 4.20. The molecule has 1 fully saturated rings. The van der Waals surface area contributed by atoms with Gasteiger partial charge in [-0.05, 0) is 67.7 Å². The van der Waals surface area contributed by atoms with Gasteiger partial charge in [0.15, 0.2) is 5.82 Å². The predicted octanol–water partition coefficient (Wildman–Crippen LogP) is 5.03. The minimum absolute atomic E-state index is 0.00615. The summed E-state index contributed by atoms with van der Waals surface area (Å²) < 4.78 is 37.6. The minimum Gasteiger partial charge on any atom is -0.465 e. The third-order valence-corrected chi connectivity index (χ3v) is 7.05. The molecule has 4 aromatic rings. The first-order valence-electron chi connectivity index (χ1n) is 11.7. The maximum atomic E-state index is 15.3. The maximum absolute atomic E-state index is 15.3. The van der Waals surface area contributed by atoms with Gasteiger partial charge in [-0.2, -0.15) is 0 Å². The lowest BCUT2D eigenvalue weighted by atomic mass is 9.90. The van der Waals surface area contributed by atoms with Crippen LogP contribution >= 0.6 is 11.6 Å². The van der Waals surface area contributed by atoms with Gasteiger partial charge in [-0.3, -0.25) is 9.13 Å². The fourth-order valence-electron chi connectivity index (χ4n) is 4.86. The summed E-state index contributed by atoms with van der Waals surface area (Å²) in [4.78, 5) is 25.6. The van der Waals surface area contributed by atoms with Gasteiger partial charge in [-0.15, -0.1) is 0 Å². The van der Waals surface area contributed by atoms with Crippen molar-refractivity contribution in [2.75, 3.05) is 20.2 Å². The van der Waals surface area contributed by atoms with E-state index in [4.69, 9.17) is 11.6 Å². The van der Waals surface area contributed by atoms with Crippen LogP contribution < -0.4 is 11.0 Å². The van der Waals surface area contributed by atoms with Crippen LogP contribution in [0.3, 0.4) is 0 Å². The molecule has 0 aliphatic carbocycles. The Labute approximate surface area is 211 Å². The number of halogens is 3. The van der Waals surface area contributed by atoms with Gasteiger partial charge in [-0.1, -0.05) is 35.9 Å². The minimum atomic E-state index is -0.823. The van der Waals surface area contributed by atoms with Crippen molar-refractivity contribution >= 4 is 28.6 Å². The summed E-state index contributed by atoms with van der Waals surface area (Å²) in [5, 5.41) is 3.22. The monoisotopic (exact) mass is 511 g/mol. The highest BCUT2D eigenvalue weighted by molar-refractivity contribution is 6.31. The van der Waals surface area contributed by atoms with E-state index in [1.165, 1.54) is 39.5 Å². The van der Waals surface area contributed by atoms with E-state index < -0.39 is 23.3 Å². The number of ether oxygens (including phenoxy) is 1. The molecule has 1 saturated heterocycles. The number of hydrogen-bond donors (Lipinski definition) is 1. The van der Waals surface area contributed by atoms with E-state index in [0.717, 1.165) is 38.6 Å². The second kappa shape index (κ2) is 9.87. The average molecular weight is 512 g/mol. The molecule has 5 rings (SSSR count). The molecule has 9 heteroatoms. The molecule has 1 aromatic heterocycles. The fraction of sp³-hybridized carbons (Fsp3) is 0.259. The Hall–Kier alpha value is -3.49. The van der Waals surface area contributed by atoms with Gasteiger partial charge in [0.25, 0.3) is 0 Å². The van der Waals surface area contributed by atoms with Gasteiger partial charge in [0.2, 0.25) is 0 Å². The first-order chi connectivity index (χ1) is 17.4. The summed E-state index contributed by atoms with van der Waals surface area (Å²) in [6, 6.07) is 14.7. The van der Waals surface area contributed by atoms with E-state index in [-0.39, 0.29) is 33.7 Å². The Balaban J connectivity index is 1.62. The molecule has 3 aromatic carbocycles. The second-order valence-corrected chi connectivity index (χ2v) is 9.23. The zero-order valence-electron chi connectivity index (χ0n) is 19.6. The zero-order valence-corrected chi connectivity index (χ0v) is 20.3. The first-order valence-corrected chi connectivity index (χ1v) is 12.0. The van der Waals surface area contributed by atoms with Crippen molar-refractivity contribution in [2.45, 2.75) is 25.3 Å². The Morgan fingerprint density at radius 2 is 1.78 bits per heavy atom. The molecule has 36 heavy (non-hydrogen) atoms. The first kappa shape index (κ1) is 24.2. The topological polar surface area (TPSA) is 65.3 Å². The highest BCUT2D eigenvalue weighted by Gasteiger charge is 2.23. The SMILES string of the molecule is COC(=O)c1cccc(Cn2c(=O)n(-c3ccc(C4CCNCC4)cc3)c3c(F)c(Cl)ccc32)c1F. The highest BCUT2D eigenvalue weighted by Crippen LogP contribution is 2.29. The molecular weight excluding hydrogens is 488 g/mol. The number of benzene rings is 3. The molecule has 2 heterocycles. The molecule has 1 aliphatic heterocycles. The lowest BCUT2D eigenvalue weighted by molar-refractivity contribution is 0.0595. The van der Waals surface area contributed by atoms with Crippen LogP contribution in [-0.4, -0.2) is 35.3 Å². The van der Waals surface area contributed by atoms with Crippen LogP contribution in [0.15, 0.2) is 59.4 Å². The number of esters is 1. The number of hydrogen-bond acceptors (Lipinski definition) is 4. The number of aromatic nitrogens is 2. The van der Waals surface area contributed by atoms with Crippen LogP contribution in [0.5, 0.6) is 0 Å². The molecule has 0 saturated carbocycles. The van der Waals surface area contributed by atoms with Gasteiger partial charge in [0, 0.05) is 5.56 Å². The van der Waals surface area contributed by atoms with Crippen molar-refractivity contribution < 1.29 is 18.3 Å². The lowest BCUT2D eigenvalue weighted by Crippen LogP contribution is -2.26. The summed E-state index contributed by atoms with van der Waals surface area (Å²) in [5.41, 5.74) is 1.20. The summed E-state index contributed by atoms with van der Waals surface area (Å²) >= 11 is 6.08. The molecular formula is C27H24ClF2N3O3. The second-order valence-electron chi connectivity index (χ2n) is 8.82. The predicted molar refractivity (Wildman–Crippen MR) is 134 cm³/mol. The van der Waals surface area contributed by atoms with Crippen molar-refractivity contribution in [2.24, 2.45) is 0 Å². The van der Waals surface area contributed by atoms with E-state index >= 15 is 8.78 Å². The van der Waals surface area contributed by atoms with E-state index in [1.807, 2.05) is 12.1 Å². The molecule has 0 bridgehead atoms. The normalized spacial score (nSPS) is 14.3. The standard InChI is InChI=1S/C27H24ClF2N3O3/c1-36-26(34)20-4-2-3-18(23(20)29)15-32-22-10-9-21(28)24(30)25(22)33(27(32)35)19-7-5-16(6-8-19)17-11-13-31-14-12-17/h2-10,17,31H,11-15H2,1H3. The van der Waals surface area contributed by atoms with Crippen molar-refractivity contribution in [3.8, 4) is 5.69 Å². The van der Waals surface area contributed by atoms with Crippen molar-refractivity contribution in [1.82, 2.24) is 14.5 Å². The molecule has 186 valence electrons. The summed E-state index contributed by atoms with van der Waals surface area (Å²) in [5.74, 6) is -1.93. The summed E-state index contributed by atoms with van der Waals surface area (Å²) in [7, 11) is 1.16. The molecule has 0 radical (unpaired) electrons. The van der Waals surface area contributed by atoms with Gasteiger partial charge in [-0.25, -0.2) is 18.4 Å². The number of methoxy groups -OCH3 is 1. The Morgan fingerprint density at radius 1 is 1.06 bits per heavy atom. The van der Waals surface area contributed by atoms with Gasteiger partial charge in [0.1, 0.15) is 11.3 Å². The maximum Gasteiger partial charge on any atom is 0.340 e. The van der Waals surface area contributed by atoms with Crippen LogP contribution in [0.25, 0.3) is 16.7 Å². The van der Waals surface area contributed by atoms with E-state index in [9.17, 15) is 9.59 Å². The molecule has 0 atom stereocenters. The molecule has 6 nitrogen and oxygen atoms in total. The summed E-state index contributed by atoms with van der Waals surface area (Å²) in [6.07, 6.45) is 2.05. The van der Waals surface area contributed by atoms with Gasteiger partial charge >= 0.3 is 11.7 Å². The number of piperidine rings is 1. The number of nitrogens with one attached hydrogen (secondary N) is 1. The van der Waals surface area contributed by atoms with Crippen molar-refractivity contribution in [3.05, 3.63) is 98.4 Å².